The van der Waals surface area contributed by atoms with Gasteiger partial charge in [0.1, 0.15) is 5.75 Å². The second kappa shape index (κ2) is 4.94. The van der Waals surface area contributed by atoms with Gasteiger partial charge in [-0.3, -0.25) is 0 Å². The zero-order chi connectivity index (χ0) is 13.2. The summed E-state index contributed by atoms with van der Waals surface area (Å²) < 4.78 is 5.31. The minimum absolute atomic E-state index is 0.229. The molecule has 0 aliphatic carbocycles. The Hall–Kier alpha value is -2.00. The topological polar surface area (TPSA) is 38.5 Å². The van der Waals surface area contributed by atoms with E-state index in [4.69, 9.17) is 10.5 Å². The lowest BCUT2D eigenvalue weighted by Gasteiger charge is -2.26. The lowest BCUT2D eigenvalue weighted by Crippen LogP contribution is -2.27. The van der Waals surface area contributed by atoms with E-state index >= 15 is 0 Å². The third-order valence-electron chi connectivity index (χ3n) is 3.74. The SMILES string of the molecule is COc1ccc2c(c1)C(CN)N(c1ccccc1)C2. The van der Waals surface area contributed by atoms with Crippen molar-refractivity contribution in [2.24, 2.45) is 5.73 Å². The van der Waals surface area contributed by atoms with Gasteiger partial charge in [0.05, 0.1) is 13.2 Å². The molecule has 0 saturated carbocycles. The molecule has 19 heavy (non-hydrogen) atoms. The first-order chi connectivity index (χ1) is 9.33. The number of rotatable bonds is 3. The van der Waals surface area contributed by atoms with Crippen LogP contribution in [0.4, 0.5) is 5.69 Å². The van der Waals surface area contributed by atoms with Gasteiger partial charge in [-0.25, -0.2) is 0 Å². The van der Waals surface area contributed by atoms with Gasteiger partial charge in [-0.15, -0.1) is 0 Å². The summed E-state index contributed by atoms with van der Waals surface area (Å²) in [5, 5.41) is 0. The van der Waals surface area contributed by atoms with E-state index in [1.807, 2.05) is 12.1 Å². The van der Waals surface area contributed by atoms with Gasteiger partial charge in [-0.2, -0.15) is 0 Å². The van der Waals surface area contributed by atoms with E-state index in [9.17, 15) is 0 Å². The first-order valence-electron chi connectivity index (χ1n) is 6.52. The summed E-state index contributed by atoms with van der Waals surface area (Å²) in [5.41, 5.74) is 9.82. The van der Waals surface area contributed by atoms with Gasteiger partial charge < -0.3 is 15.4 Å². The predicted molar refractivity (Wildman–Crippen MR) is 77.4 cm³/mol. The third-order valence-corrected chi connectivity index (χ3v) is 3.74. The maximum Gasteiger partial charge on any atom is 0.119 e. The number of para-hydroxylation sites is 1. The molecular weight excluding hydrogens is 236 g/mol. The monoisotopic (exact) mass is 254 g/mol. The van der Waals surface area contributed by atoms with Crippen molar-refractivity contribution in [2.75, 3.05) is 18.6 Å². The van der Waals surface area contributed by atoms with Crippen LogP contribution in [0.15, 0.2) is 48.5 Å². The van der Waals surface area contributed by atoms with E-state index in [-0.39, 0.29) is 6.04 Å². The lowest BCUT2D eigenvalue weighted by molar-refractivity contribution is 0.414. The molecular formula is C16H18N2O. The summed E-state index contributed by atoms with van der Waals surface area (Å²) in [6.07, 6.45) is 0. The molecule has 2 aromatic carbocycles. The van der Waals surface area contributed by atoms with Gasteiger partial charge in [0.15, 0.2) is 0 Å². The molecule has 0 fully saturated rings. The van der Waals surface area contributed by atoms with Crippen molar-refractivity contribution in [1.29, 1.82) is 0 Å². The normalized spacial score (nSPS) is 17.4. The lowest BCUT2D eigenvalue weighted by atomic mass is 10.0. The van der Waals surface area contributed by atoms with Crippen LogP contribution < -0.4 is 15.4 Å². The largest absolute Gasteiger partial charge is 0.497 e. The third kappa shape index (κ3) is 2.06. The number of methoxy groups -OCH3 is 1. The molecule has 3 heteroatoms. The van der Waals surface area contributed by atoms with Crippen LogP contribution in [0, 0.1) is 0 Å². The second-order valence-electron chi connectivity index (χ2n) is 4.78. The molecule has 2 N–H and O–H groups in total. The van der Waals surface area contributed by atoms with Crippen molar-refractivity contribution in [3.63, 3.8) is 0 Å². The molecule has 1 aliphatic rings. The van der Waals surface area contributed by atoms with E-state index in [1.54, 1.807) is 7.11 Å². The summed E-state index contributed by atoms with van der Waals surface area (Å²) in [6.45, 7) is 1.51. The van der Waals surface area contributed by atoms with Gasteiger partial charge in [0.25, 0.3) is 0 Å². The Balaban J connectivity index is 1.99. The van der Waals surface area contributed by atoms with Gasteiger partial charge in [-0.1, -0.05) is 24.3 Å². The maximum absolute atomic E-state index is 5.99. The van der Waals surface area contributed by atoms with Crippen molar-refractivity contribution in [3.8, 4) is 5.75 Å². The number of hydrogen-bond acceptors (Lipinski definition) is 3. The van der Waals surface area contributed by atoms with E-state index in [2.05, 4.69) is 41.3 Å². The molecule has 0 amide bonds. The fourth-order valence-electron chi connectivity index (χ4n) is 2.76. The number of hydrogen-bond donors (Lipinski definition) is 1. The number of benzene rings is 2. The number of ether oxygens (including phenoxy) is 1. The predicted octanol–water partition coefficient (Wildman–Crippen LogP) is 2.72. The molecule has 0 bridgehead atoms. The number of fused-ring (bicyclic) bond motifs is 1. The van der Waals surface area contributed by atoms with Crippen LogP contribution >= 0.6 is 0 Å². The van der Waals surface area contributed by atoms with E-state index in [0.29, 0.717) is 6.54 Å². The van der Waals surface area contributed by atoms with Crippen molar-refractivity contribution >= 4 is 5.69 Å². The van der Waals surface area contributed by atoms with Crippen LogP contribution in [-0.2, 0) is 6.54 Å². The molecule has 2 aromatic rings. The highest BCUT2D eigenvalue weighted by molar-refractivity contribution is 5.55. The first-order valence-corrected chi connectivity index (χ1v) is 6.52. The van der Waals surface area contributed by atoms with Gasteiger partial charge in [0.2, 0.25) is 0 Å². The summed E-state index contributed by atoms with van der Waals surface area (Å²) >= 11 is 0. The average Bonchev–Trinajstić information content (AvgIpc) is 2.85. The van der Waals surface area contributed by atoms with Crippen molar-refractivity contribution < 1.29 is 4.74 Å². The molecule has 1 aliphatic heterocycles. The van der Waals surface area contributed by atoms with Crippen LogP contribution in [0.5, 0.6) is 5.75 Å². The minimum atomic E-state index is 0.229. The molecule has 1 heterocycles. The molecule has 3 rings (SSSR count). The summed E-state index contributed by atoms with van der Waals surface area (Å²) in [6, 6.07) is 16.9. The molecule has 1 atom stereocenters. The van der Waals surface area contributed by atoms with Crippen LogP contribution in [0.3, 0.4) is 0 Å². The first kappa shape index (κ1) is 12.1. The smallest absolute Gasteiger partial charge is 0.119 e. The molecule has 98 valence electrons. The fourth-order valence-corrected chi connectivity index (χ4v) is 2.76. The summed E-state index contributed by atoms with van der Waals surface area (Å²) in [5.74, 6) is 0.895. The minimum Gasteiger partial charge on any atom is -0.497 e. The Morgan fingerprint density at radius 1 is 1.21 bits per heavy atom. The van der Waals surface area contributed by atoms with E-state index in [0.717, 1.165) is 12.3 Å². The average molecular weight is 254 g/mol. The number of nitrogens with two attached hydrogens (primary N) is 1. The van der Waals surface area contributed by atoms with Gasteiger partial charge in [-0.05, 0) is 35.4 Å². The quantitative estimate of drug-likeness (QED) is 0.915. The van der Waals surface area contributed by atoms with Crippen LogP contribution in [0.1, 0.15) is 17.2 Å². The van der Waals surface area contributed by atoms with Crippen LogP contribution in [0.2, 0.25) is 0 Å². The maximum atomic E-state index is 5.99. The summed E-state index contributed by atoms with van der Waals surface area (Å²) in [7, 11) is 1.70. The molecule has 0 spiro atoms. The second-order valence-corrected chi connectivity index (χ2v) is 4.78. The van der Waals surface area contributed by atoms with E-state index in [1.165, 1.54) is 16.8 Å². The van der Waals surface area contributed by atoms with E-state index < -0.39 is 0 Å². The van der Waals surface area contributed by atoms with Crippen LogP contribution in [0.25, 0.3) is 0 Å². The molecule has 0 aromatic heterocycles. The van der Waals surface area contributed by atoms with Gasteiger partial charge in [0, 0.05) is 18.8 Å². The highest BCUT2D eigenvalue weighted by Gasteiger charge is 2.29. The Kier molecular flexibility index (Phi) is 3.13. The summed E-state index contributed by atoms with van der Waals surface area (Å²) in [4.78, 5) is 2.35. The Bertz CT molecular complexity index is 568. The molecule has 0 radical (unpaired) electrons. The zero-order valence-electron chi connectivity index (χ0n) is 11.0. The molecule has 0 saturated heterocycles. The van der Waals surface area contributed by atoms with Crippen molar-refractivity contribution in [2.45, 2.75) is 12.6 Å². The molecule has 1 unspecified atom stereocenters. The Labute approximate surface area is 113 Å². The van der Waals surface area contributed by atoms with Gasteiger partial charge >= 0.3 is 0 Å². The Morgan fingerprint density at radius 3 is 2.68 bits per heavy atom. The highest BCUT2D eigenvalue weighted by atomic mass is 16.5. The zero-order valence-corrected chi connectivity index (χ0v) is 11.0. The van der Waals surface area contributed by atoms with Crippen molar-refractivity contribution in [3.05, 3.63) is 59.7 Å². The molecule has 3 nitrogen and oxygen atoms in total. The fraction of sp³-hybridized carbons (Fsp3) is 0.250. The van der Waals surface area contributed by atoms with Crippen LogP contribution in [-0.4, -0.2) is 13.7 Å². The standard InChI is InChI=1S/C16H18N2O/c1-19-14-8-7-12-11-18(13-5-3-2-4-6-13)16(10-17)15(12)9-14/h2-9,16H,10-11,17H2,1H3. The number of anilines is 1. The number of nitrogens with zero attached hydrogens (tertiary/aromatic N) is 1. The Morgan fingerprint density at radius 2 is 2.00 bits per heavy atom. The highest BCUT2D eigenvalue weighted by Crippen LogP contribution is 2.38. The van der Waals surface area contributed by atoms with Crippen molar-refractivity contribution in [1.82, 2.24) is 0 Å².